The van der Waals surface area contributed by atoms with Gasteiger partial charge in [0.1, 0.15) is 0 Å². The first-order chi connectivity index (χ1) is 15.1. The van der Waals surface area contributed by atoms with Gasteiger partial charge in [0.2, 0.25) is 5.91 Å². The molecule has 1 fully saturated rings. The predicted molar refractivity (Wildman–Crippen MR) is 126 cm³/mol. The Balaban J connectivity index is 1.27. The van der Waals surface area contributed by atoms with Crippen molar-refractivity contribution in [3.63, 3.8) is 0 Å². The molecule has 5 rings (SSSR count). The number of aromatic nitrogens is 1. The maximum absolute atomic E-state index is 13.2. The SMILES string of the molecule is CN(C(=O)C1CCN(C(=O)c2cccc3ccccc23)CC1)c1nc2ccccc2s1. The number of likely N-dealkylation sites (tertiary alicyclic amines) is 1. The van der Waals surface area contributed by atoms with Crippen molar-refractivity contribution in [2.45, 2.75) is 12.8 Å². The molecule has 0 unspecified atom stereocenters. The van der Waals surface area contributed by atoms with Gasteiger partial charge in [-0.15, -0.1) is 0 Å². The van der Waals surface area contributed by atoms with Crippen molar-refractivity contribution in [3.8, 4) is 0 Å². The molecule has 2 amide bonds. The molecule has 6 heteroatoms. The summed E-state index contributed by atoms with van der Waals surface area (Å²) >= 11 is 1.53. The molecule has 1 aromatic heterocycles. The van der Waals surface area contributed by atoms with Crippen LogP contribution in [0.4, 0.5) is 5.13 Å². The maximum atomic E-state index is 13.2. The van der Waals surface area contributed by atoms with Crippen LogP contribution < -0.4 is 4.90 Å². The molecule has 1 aliphatic heterocycles. The van der Waals surface area contributed by atoms with E-state index in [4.69, 9.17) is 0 Å². The van der Waals surface area contributed by atoms with Gasteiger partial charge in [-0.3, -0.25) is 14.5 Å². The largest absolute Gasteiger partial charge is 0.339 e. The van der Waals surface area contributed by atoms with Crippen LogP contribution >= 0.6 is 11.3 Å². The Hall–Kier alpha value is -3.25. The van der Waals surface area contributed by atoms with Gasteiger partial charge in [0.15, 0.2) is 5.13 Å². The third-order valence-electron chi connectivity index (χ3n) is 6.05. The van der Waals surface area contributed by atoms with E-state index >= 15 is 0 Å². The highest BCUT2D eigenvalue weighted by Gasteiger charge is 2.31. The molecule has 3 aromatic carbocycles. The van der Waals surface area contributed by atoms with Crippen LogP contribution in [0.15, 0.2) is 66.7 Å². The second-order valence-electron chi connectivity index (χ2n) is 7.95. The van der Waals surface area contributed by atoms with E-state index < -0.39 is 0 Å². The standard InChI is InChI=1S/C25H23N3O2S/c1-27(25-26-21-11-4-5-12-22(21)31-25)23(29)18-13-15-28(16-14-18)24(30)20-10-6-8-17-7-2-3-9-19(17)20/h2-12,18H,13-16H2,1H3. The lowest BCUT2D eigenvalue weighted by Gasteiger charge is -2.33. The Kier molecular flexibility index (Phi) is 5.16. The number of hydrogen-bond donors (Lipinski definition) is 0. The van der Waals surface area contributed by atoms with Crippen LogP contribution in [0.2, 0.25) is 0 Å². The number of amides is 2. The number of piperidine rings is 1. The van der Waals surface area contributed by atoms with Gasteiger partial charge >= 0.3 is 0 Å². The molecule has 0 bridgehead atoms. The fourth-order valence-electron chi connectivity index (χ4n) is 4.28. The molecule has 0 spiro atoms. The van der Waals surface area contributed by atoms with Crippen LogP contribution in [-0.4, -0.2) is 41.8 Å². The van der Waals surface area contributed by atoms with Crippen LogP contribution in [0, 0.1) is 5.92 Å². The van der Waals surface area contributed by atoms with Gasteiger partial charge in [-0.2, -0.15) is 0 Å². The van der Waals surface area contributed by atoms with Gasteiger partial charge < -0.3 is 4.90 Å². The van der Waals surface area contributed by atoms with E-state index in [1.807, 2.05) is 71.6 Å². The van der Waals surface area contributed by atoms with E-state index in [9.17, 15) is 9.59 Å². The van der Waals surface area contributed by atoms with Crippen molar-refractivity contribution in [1.29, 1.82) is 0 Å². The first kappa shape index (κ1) is 19.7. The Labute approximate surface area is 184 Å². The zero-order valence-corrected chi connectivity index (χ0v) is 18.1. The molecule has 156 valence electrons. The number of nitrogens with zero attached hydrogens (tertiary/aromatic N) is 3. The molecule has 5 nitrogen and oxygen atoms in total. The zero-order valence-electron chi connectivity index (χ0n) is 17.3. The molecule has 4 aromatic rings. The number of benzene rings is 3. The van der Waals surface area contributed by atoms with Crippen LogP contribution in [0.1, 0.15) is 23.2 Å². The molecule has 1 aliphatic rings. The molecule has 0 N–H and O–H groups in total. The minimum Gasteiger partial charge on any atom is -0.339 e. The topological polar surface area (TPSA) is 53.5 Å². The van der Waals surface area contributed by atoms with Gasteiger partial charge in [-0.25, -0.2) is 4.98 Å². The number of fused-ring (bicyclic) bond motifs is 2. The smallest absolute Gasteiger partial charge is 0.254 e. The molecule has 2 heterocycles. The second-order valence-corrected chi connectivity index (χ2v) is 8.96. The molecule has 0 atom stereocenters. The molecule has 0 saturated carbocycles. The van der Waals surface area contributed by atoms with Crippen LogP contribution in [0.3, 0.4) is 0 Å². The fourth-order valence-corrected chi connectivity index (χ4v) is 5.22. The van der Waals surface area contributed by atoms with Crippen molar-refractivity contribution in [3.05, 3.63) is 72.3 Å². The van der Waals surface area contributed by atoms with E-state index in [0.717, 1.165) is 31.7 Å². The number of carbonyl (C=O) groups is 2. The number of anilines is 1. The van der Waals surface area contributed by atoms with Gasteiger partial charge in [-0.05, 0) is 41.8 Å². The lowest BCUT2D eigenvalue weighted by Crippen LogP contribution is -2.43. The van der Waals surface area contributed by atoms with Gasteiger partial charge in [0, 0.05) is 31.6 Å². The van der Waals surface area contributed by atoms with Crippen LogP contribution in [0.25, 0.3) is 21.0 Å². The first-order valence-corrected chi connectivity index (χ1v) is 11.3. The second kappa shape index (κ2) is 8.12. The Bertz CT molecular complexity index is 1240. The van der Waals surface area contributed by atoms with Crippen molar-refractivity contribution >= 4 is 49.3 Å². The lowest BCUT2D eigenvalue weighted by molar-refractivity contribution is -0.123. The summed E-state index contributed by atoms with van der Waals surface area (Å²) in [6.45, 7) is 1.18. The first-order valence-electron chi connectivity index (χ1n) is 10.5. The monoisotopic (exact) mass is 429 g/mol. The quantitative estimate of drug-likeness (QED) is 0.462. The van der Waals surface area contributed by atoms with E-state index in [1.165, 1.54) is 11.3 Å². The highest BCUT2D eigenvalue weighted by molar-refractivity contribution is 7.22. The van der Waals surface area contributed by atoms with Crippen LogP contribution in [-0.2, 0) is 4.79 Å². The average Bonchev–Trinajstić information content (AvgIpc) is 3.27. The predicted octanol–water partition coefficient (Wildman–Crippen LogP) is 4.96. The summed E-state index contributed by atoms with van der Waals surface area (Å²) in [5.74, 6) is 0.0344. The van der Waals surface area contributed by atoms with Crippen molar-refractivity contribution in [2.75, 3.05) is 25.0 Å². The maximum Gasteiger partial charge on any atom is 0.254 e. The van der Waals surface area contributed by atoms with E-state index in [-0.39, 0.29) is 17.7 Å². The van der Waals surface area contributed by atoms with Gasteiger partial charge in [0.05, 0.1) is 10.2 Å². The van der Waals surface area contributed by atoms with Crippen molar-refractivity contribution < 1.29 is 9.59 Å². The molecule has 31 heavy (non-hydrogen) atoms. The van der Waals surface area contributed by atoms with Crippen molar-refractivity contribution in [1.82, 2.24) is 9.88 Å². The fraction of sp³-hybridized carbons (Fsp3) is 0.240. The van der Waals surface area contributed by atoms with Crippen LogP contribution in [0.5, 0.6) is 0 Å². The number of thiazole rings is 1. The van der Waals surface area contributed by atoms with Gasteiger partial charge in [-0.1, -0.05) is 59.9 Å². The summed E-state index contributed by atoms with van der Waals surface area (Å²) in [6, 6.07) is 21.7. The number of carbonyl (C=O) groups excluding carboxylic acids is 2. The third-order valence-corrected chi connectivity index (χ3v) is 7.16. The Morgan fingerprint density at radius 2 is 1.68 bits per heavy atom. The molecule has 0 aliphatic carbocycles. The molecular formula is C25H23N3O2S. The number of hydrogen-bond acceptors (Lipinski definition) is 4. The molecule has 0 radical (unpaired) electrons. The molecule has 1 saturated heterocycles. The Morgan fingerprint density at radius 1 is 0.968 bits per heavy atom. The van der Waals surface area contributed by atoms with Crippen molar-refractivity contribution in [2.24, 2.45) is 5.92 Å². The number of rotatable bonds is 3. The summed E-state index contributed by atoms with van der Waals surface area (Å²) < 4.78 is 1.08. The number of para-hydroxylation sites is 1. The minimum atomic E-state index is -0.0893. The highest BCUT2D eigenvalue weighted by atomic mass is 32.1. The minimum absolute atomic E-state index is 0.0437. The third kappa shape index (κ3) is 3.68. The summed E-state index contributed by atoms with van der Waals surface area (Å²) in [6.07, 6.45) is 1.34. The van der Waals surface area contributed by atoms with E-state index in [1.54, 1.807) is 11.9 Å². The summed E-state index contributed by atoms with van der Waals surface area (Å²) in [5.41, 5.74) is 1.65. The average molecular weight is 430 g/mol. The lowest BCUT2D eigenvalue weighted by atomic mass is 9.94. The normalized spacial score (nSPS) is 14.8. The highest BCUT2D eigenvalue weighted by Crippen LogP contribution is 2.30. The zero-order chi connectivity index (χ0) is 21.4. The van der Waals surface area contributed by atoms with E-state index in [0.29, 0.717) is 25.9 Å². The molecular weight excluding hydrogens is 406 g/mol. The van der Waals surface area contributed by atoms with E-state index in [2.05, 4.69) is 4.98 Å². The summed E-state index contributed by atoms with van der Waals surface area (Å²) in [7, 11) is 1.80. The summed E-state index contributed by atoms with van der Waals surface area (Å²) in [4.78, 5) is 34.4. The summed E-state index contributed by atoms with van der Waals surface area (Å²) in [5, 5.41) is 2.76. The van der Waals surface area contributed by atoms with Gasteiger partial charge in [0.25, 0.3) is 5.91 Å². The Morgan fingerprint density at radius 3 is 2.48 bits per heavy atom.